The van der Waals surface area contributed by atoms with E-state index in [1.54, 1.807) is 7.11 Å². The molecule has 28 heavy (non-hydrogen) atoms. The fourth-order valence-corrected chi connectivity index (χ4v) is 3.50. The molecule has 1 aromatic heterocycles. The third-order valence-electron chi connectivity index (χ3n) is 4.82. The van der Waals surface area contributed by atoms with Crippen molar-refractivity contribution in [2.75, 3.05) is 33.4 Å². The summed E-state index contributed by atoms with van der Waals surface area (Å²) in [5.74, 6) is 3.81. The van der Waals surface area contributed by atoms with E-state index in [2.05, 4.69) is 15.9 Å². The summed E-state index contributed by atoms with van der Waals surface area (Å²) < 4.78 is 10.4. The van der Waals surface area contributed by atoms with Crippen molar-refractivity contribution in [1.82, 2.24) is 9.97 Å². The van der Waals surface area contributed by atoms with Crippen LogP contribution in [-0.2, 0) is 24.1 Å². The van der Waals surface area contributed by atoms with Crippen molar-refractivity contribution in [3.8, 4) is 18.1 Å². The van der Waals surface area contributed by atoms with Crippen LogP contribution in [0.1, 0.15) is 22.6 Å². The number of nitrogens with one attached hydrogen (secondary N) is 2. The van der Waals surface area contributed by atoms with Crippen LogP contribution in [-0.4, -0.2) is 54.6 Å². The zero-order valence-corrected chi connectivity index (χ0v) is 16.0. The highest BCUT2D eigenvalue weighted by Crippen LogP contribution is 2.15. The number of H-pyrrole nitrogens is 1. The summed E-state index contributed by atoms with van der Waals surface area (Å²) in [5.41, 5.74) is 2.48. The van der Waals surface area contributed by atoms with E-state index >= 15 is 0 Å². The number of terminal acetylenes is 1. The van der Waals surface area contributed by atoms with E-state index in [1.807, 2.05) is 24.3 Å². The van der Waals surface area contributed by atoms with Crippen LogP contribution >= 0.6 is 0 Å². The number of nitrogens with zero attached hydrogens (tertiary/aromatic N) is 1. The number of methoxy groups -OCH3 is 1. The Balaban J connectivity index is 1.66. The lowest BCUT2D eigenvalue weighted by atomic mass is 10.1. The van der Waals surface area contributed by atoms with Gasteiger partial charge in [0, 0.05) is 12.8 Å². The summed E-state index contributed by atoms with van der Waals surface area (Å²) in [6, 6.07) is 7.73. The van der Waals surface area contributed by atoms with Gasteiger partial charge in [-0.05, 0) is 17.7 Å². The van der Waals surface area contributed by atoms with Crippen LogP contribution in [0.4, 0.5) is 0 Å². The van der Waals surface area contributed by atoms with E-state index in [9.17, 15) is 9.90 Å². The summed E-state index contributed by atoms with van der Waals surface area (Å²) in [7, 11) is 1.63. The average molecular weight is 384 g/mol. The van der Waals surface area contributed by atoms with Crippen molar-refractivity contribution in [2.45, 2.75) is 25.5 Å². The van der Waals surface area contributed by atoms with E-state index in [-0.39, 0.29) is 18.8 Å². The molecule has 0 saturated heterocycles. The number of aliphatic hydroxyl groups is 1. The number of rotatable bonds is 8. The van der Waals surface area contributed by atoms with E-state index in [0.29, 0.717) is 37.3 Å². The molecule has 0 radical (unpaired) electrons. The van der Waals surface area contributed by atoms with Gasteiger partial charge in [-0.25, -0.2) is 4.98 Å². The van der Waals surface area contributed by atoms with Gasteiger partial charge in [0.25, 0.3) is 5.56 Å². The van der Waals surface area contributed by atoms with Crippen molar-refractivity contribution in [1.29, 1.82) is 0 Å². The SMILES string of the molecule is C#CCOC[C@H](O)C[NH+]1CCc2nc(Cc3cccc(OC)c3)[nH]c(=O)c2C1. The number of aromatic amines is 1. The Morgan fingerprint density at radius 2 is 2.32 bits per heavy atom. The second kappa shape index (κ2) is 9.51. The predicted molar refractivity (Wildman–Crippen MR) is 104 cm³/mol. The van der Waals surface area contributed by atoms with E-state index in [4.69, 9.17) is 15.9 Å². The van der Waals surface area contributed by atoms with E-state index in [1.165, 1.54) is 0 Å². The average Bonchev–Trinajstić information content (AvgIpc) is 2.69. The molecule has 1 aromatic carbocycles. The van der Waals surface area contributed by atoms with Gasteiger partial charge in [-0.2, -0.15) is 0 Å². The molecule has 0 bridgehead atoms. The first-order valence-electron chi connectivity index (χ1n) is 9.35. The van der Waals surface area contributed by atoms with Crippen molar-refractivity contribution < 1.29 is 19.5 Å². The van der Waals surface area contributed by atoms with Gasteiger partial charge in [0.2, 0.25) is 0 Å². The van der Waals surface area contributed by atoms with E-state index in [0.717, 1.165) is 28.5 Å². The third-order valence-corrected chi connectivity index (χ3v) is 4.82. The molecule has 0 amide bonds. The normalized spacial score (nSPS) is 16.8. The fraction of sp³-hybridized carbons (Fsp3) is 0.429. The number of benzene rings is 1. The van der Waals surface area contributed by atoms with Crippen LogP contribution in [0, 0.1) is 12.3 Å². The Morgan fingerprint density at radius 1 is 1.46 bits per heavy atom. The molecular weight excluding hydrogens is 358 g/mol. The van der Waals surface area contributed by atoms with Gasteiger partial charge in [-0.1, -0.05) is 18.1 Å². The highest BCUT2D eigenvalue weighted by atomic mass is 16.5. The summed E-state index contributed by atoms with van der Waals surface area (Å²) in [4.78, 5) is 21.3. The Labute approximate surface area is 164 Å². The minimum absolute atomic E-state index is 0.0989. The Bertz CT molecular complexity index is 903. The van der Waals surface area contributed by atoms with Crippen molar-refractivity contribution in [2.24, 2.45) is 0 Å². The number of aromatic nitrogens is 2. The maximum Gasteiger partial charge on any atom is 0.260 e. The van der Waals surface area contributed by atoms with Gasteiger partial charge in [0.05, 0.1) is 31.5 Å². The molecule has 1 aliphatic rings. The minimum atomic E-state index is -0.607. The van der Waals surface area contributed by atoms with Crippen LogP contribution in [0.2, 0.25) is 0 Å². The van der Waals surface area contributed by atoms with Crippen LogP contribution in [0.25, 0.3) is 0 Å². The first-order chi connectivity index (χ1) is 13.6. The molecule has 2 heterocycles. The van der Waals surface area contributed by atoms with Crippen LogP contribution < -0.4 is 15.2 Å². The summed E-state index contributed by atoms with van der Waals surface area (Å²) in [6.45, 7) is 2.26. The molecule has 0 spiro atoms. The molecule has 0 saturated carbocycles. The number of hydrogen-bond acceptors (Lipinski definition) is 5. The Morgan fingerprint density at radius 3 is 3.11 bits per heavy atom. The highest BCUT2D eigenvalue weighted by molar-refractivity contribution is 5.30. The number of ether oxygens (including phenoxy) is 2. The second-order valence-electron chi connectivity index (χ2n) is 6.97. The van der Waals surface area contributed by atoms with Gasteiger partial charge in [0.15, 0.2) is 0 Å². The van der Waals surface area contributed by atoms with Crippen molar-refractivity contribution >= 4 is 0 Å². The lowest BCUT2D eigenvalue weighted by molar-refractivity contribution is -0.919. The monoisotopic (exact) mass is 384 g/mol. The quantitative estimate of drug-likeness (QED) is 0.415. The van der Waals surface area contributed by atoms with Crippen LogP contribution in [0.15, 0.2) is 29.1 Å². The van der Waals surface area contributed by atoms with Gasteiger partial charge >= 0.3 is 0 Å². The molecule has 0 aliphatic carbocycles. The lowest BCUT2D eigenvalue weighted by Gasteiger charge is -2.26. The third kappa shape index (κ3) is 5.20. The zero-order chi connectivity index (χ0) is 19.9. The molecule has 1 aliphatic heterocycles. The summed E-state index contributed by atoms with van der Waals surface area (Å²) in [6.07, 6.45) is 5.77. The van der Waals surface area contributed by atoms with Crippen LogP contribution in [0.3, 0.4) is 0 Å². The molecular formula is C21H26N3O4+. The standard InChI is InChI=1S/C21H25N3O4/c1-3-9-28-14-16(25)12-24-8-7-19-18(13-24)21(26)23-20(22-19)11-15-5-4-6-17(10-15)27-2/h1,4-6,10,16,25H,7-9,11-14H2,2H3,(H,22,23,26)/p+1/t16-/m1/s1. The molecule has 2 aromatic rings. The minimum Gasteiger partial charge on any atom is -0.497 e. The first-order valence-corrected chi connectivity index (χ1v) is 9.35. The van der Waals surface area contributed by atoms with Gasteiger partial charge in [-0.15, -0.1) is 6.42 Å². The predicted octanol–water partition coefficient (Wildman–Crippen LogP) is -0.679. The van der Waals surface area contributed by atoms with Gasteiger partial charge in [-0.3, -0.25) is 4.79 Å². The Hall–Kier alpha value is -2.66. The van der Waals surface area contributed by atoms with E-state index < -0.39 is 6.10 Å². The number of aliphatic hydroxyl groups excluding tert-OH is 1. The lowest BCUT2D eigenvalue weighted by Crippen LogP contribution is -3.13. The zero-order valence-electron chi connectivity index (χ0n) is 16.0. The largest absolute Gasteiger partial charge is 0.497 e. The molecule has 148 valence electrons. The van der Waals surface area contributed by atoms with Crippen molar-refractivity contribution in [3.05, 3.63) is 57.3 Å². The highest BCUT2D eigenvalue weighted by Gasteiger charge is 2.26. The summed E-state index contributed by atoms with van der Waals surface area (Å²) in [5, 5.41) is 10.1. The number of hydrogen-bond donors (Lipinski definition) is 3. The van der Waals surface area contributed by atoms with Crippen LogP contribution in [0.5, 0.6) is 5.75 Å². The molecule has 7 heteroatoms. The smallest absolute Gasteiger partial charge is 0.260 e. The Kier molecular flexibility index (Phi) is 6.82. The second-order valence-corrected chi connectivity index (χ2v) is 6.97. The molecule has 1 unspecified atom stereocenters. The number of quaternary nitrogens is 1. The van der Waals surface area contributed by atoms with Crippen molar-refractivity contribution in [3.63, 3.8) is 0 Å². The topological polar surface area (TPSA) is 88.9 Å². The number of fused-ring (bicyclic) bond motifs is 1. The molecule has 3 N–H and O–H groups in total. The summed E-state index contributed by atoms with van der Waals surface area (Å²) >= 11 is 0. The maximum atomic E-state index is 12.6. The molecule has 0 fully saturated rings. The molecule has 7 nitrogen and oxygen atoms in total. The fourth-order valence-electron chi connectivity index (χ4n) is 3.50. The molecule has 3 rings (SSSR count). The first kappa shape index (κ1) is 20.1. The maximum absolute atomic E-state index is 12.6. The van der Waals surface area contributed by atoms with Gasteiger partial charge < -0.3 is 24.5 Å². The van der Waals surface area contributed by atoms with Gasteiger partial charge in [0.1, 0.15) is 37.4 Å². The molecule has 2 atom stereocenters.